The van der Waals surface area contributed by atoms with Crippen LogP contribution >= 0.6 is 0 Å². The minimum absolute atomic E-state index is 0.0135. The van der Waals surface area contributed by atoms with Crippen molar-refractivity contribution in [1.82, 2.24) is 28.3 Å². The van der Waals surface area contributed by atoms with E-state index in [2.05, 4.69) is 10.1 Å². The van der Waals surface area contributed by atoms with Gasteiger partial charge in [-0.15, -0.1) is 0 Å². The number of carbonyl (C=O) groups is 1. The number of carbonyl (C=O) groups excluding carboxylic acids is 1. The van der Waals surface area contributed by atoms with Crippen LogP contribution in [0.2, 0.25) is 0 Å². The Morgan fingerprint density at radius 1 is 0.958 bits per heavy atom. The average molecular weight is 664 g/mol. The summed E-state index contributed by atoms with van der Waals surface area (Å²) in [4.78, 5) is 43.5. The number of hydrogen-bond acceptors (Lipinski definition) is 7. The van der Waals surface area contributed by atoms with Gasteiger partial charge in [0, 0.05) is 31.0 Å². The van der Waals surface area contributed by atoms with Crippen molar-refractivity contribution in [3.8, 4) is 34.2 Å². The van der Waals surface area contributed by atoms with Crippen molar-refractivity contribution >= 4 is 17.3 Å². The van der Waals surface area contributed by atoms with Gasteiger partial charge in [-0.2, -0.15) is 18.3 Å². The van der Waals surface area contributed by atoms with Crippen LogP contribution in [0, 0.1) is 5.82 Å². The fourth-order valence-electron chi connectivity index (χ4n) is 4.88. The van der Waals surface area contributed by atoms with Crippen molar-refractivity contribution in [3.63, 3.8) is 0 Å². The molecule has 0 saturated carbocycles. The molecule has 16 heteroatoms. The number of benzene rings is 2. The second-order valence-electron chi connectivity index (χ2n) is 10.9. The van der Waals surface area contributed by atoms with E-state index in [0.29, 0.717) is 27.4 Å². The first kappa shape index (κ1) is 31.8. The Balaban J connectivity index is 1.31. The van der Waals surface area contributed by atoms with Crippen molar-refractivity contribution in [2.75, 3.05) is 5.32 Å². The first-order valence-electron chi connectivity index (χ1n) is 14.3. The molecule has 0 bridgehead atoms. The summed E-state index contributed by atoms with van der Waals surface area (Å²) in [7, 11) is 1.79. The zero-order chi connectivity index (χ0) is 34.3. The molecule has 1 amide bonds. The molecular formula is C32H25F4N7O5. The zero-order valence-corrected chi connectivity index (χ0v) is 25.4. The van der Waals surface area contributed by atoms with E-state index < -0.39 is 52.4 Å². The van der Waals surface area contributed by atoms with Gasteiger partial charge in [-0.3, -0.25) is 14.7 Å². The number of rotatable bonds is 7. The Labute approximate surface area is 268 Å². The van der Waals surface area contributed by atoms with Gasteiger partial charge in [0.15, 0.2) is 5.75 Å². The van der Waals surface area contributed by atoms with Gasteiger partial charge in [0.2, 0.25) is 5.75 Å². The lowest BCUT2D eigenvalue weighted by Crippen LogP contribution is -2.40. The molecule has 0 radical (unpaired) electrons. The van der Waals surface area contributed by atoms with Crippen LogP contribution in [-0.2, 0) is 13.2 Å². The number of nitrogens with zero attached hydrogens (tertiary/aromatic N) is 6. The number of aromatic nitrogens is 6. The van der Waals surface area contributed by atoms with Crippen LogP contribution in [0.3, 0.4) is 0 Å². The number of halogens is 4. The van der Waals surface area contributed by atoms with E-state index in [1.165, 1.54) is 28.9 Å². The highest BCUT2D eigenvalue weighted by Gasteiger charge is 2.35. The predicted molar refractivity (Wildman–Crippen MR) is 165 cm³/mol. The Morgan fingerprint density at radius 3 is 2.38 bits per heavy atom. The number of amides is 1. The summed E-state index contributed by atoms with van der Waals surface area (Å²) in [5, 5.41) is 6.23. The lowest BCUT2D eigenvalue weighted by atomic mass is 10.1. The third kappa shape index (κ3) is 6.27. The molecule has 0 spiro atoms. The molecule has 1 N–H and O–H groups in total. The fourth-order valence-corrected chi connectivity index (χ4v) is 4.88. The molecule has 4 aromatic heterocycles. The number of anilines is 1. The third-order valence-corrected chi connectivity index (χ3v) is 7.16. The van der Waals surface area contributed by atoms with Crippen LogP contribution in [0.15, 0.2) is 95.3 Å². The summed E-state index contributed by atoms with van der Waals surface area (Å²) in [6.07, 6.45) is 1.15. The van der Waals surface area contributed by atoms with Gasteiger partial charge in [0.25, 0.3) is 0 Å². The molecule has 0 unspecified atom stereocenters. The predicted octanol–water partition coefficient (Wildman–Crippen LogP) is 6.19. The maximum absolute atomic E-state index is 14.3. The number of alkyl halides is 3. The molecule has 2 aromatic carbocycles. The van der Waals surface area contributed by atoms with Gasteiger partial charge in [0.05, 0.1) is 41.4 Å². The molecule has 0 atom stereocenters. The molecule has 6 rings (SSSR count). The Bertz CT molecular complexity index is 2290. The fraction of sp³-hybridized carbons (Fsp3) is 0.156. The number of ether oxygens (including phenoxy) is 2. The number of aryl methyl sites for hydroxylation is 1. The monoisotopic (exact) mass is 663 g/mol. The Morgan fingerprint density at radius 2 is 1.71 bits per heavy atom. The maximum atomic E-state index is 14.3. The standard InChI is InChI=1S/C32H25F4N7O5/c1-18(2)41-16-28(29(44)43(31(41)46)21-6-4-20(33)5-7-21)48-30(45)39-24-9-8-22(13-23(24)32(34,35)36)47-27-12-19(25-15-40(3)17-37-25)14-42-26(27)10-11-38-42/h4-18H,1-3H3,(H,39,45). The van der Waals surface area contributed by atoms with Crippen molar-refractivity contribution in [3.05, 3.63) is 118 Å². The van der Waals surface area contributed by atoms with Crippen molar-refractivity contribution in [1.29, 1.82) is 0 Å². The lowest BCUT2D eigenvalue weighted by molar-refractivity contribution is -0.137. The largest absolute Gasteiger partial charge is 0.455 e. The summed E-state index contributed by atoms with van der Waals surface area (Å²) in [5.74, 6) is -1.28. The normalized spacial score (nSPS) is 11.7. The minimum atomic E-state index is -4.95. The molecule has 0 aliphatic carbocycles. The zero-order valence-electron chi connectivity index (χ0n) is 25.4. The number of pyridine rings is 1. The van der Waals surface area contributed by atoms with Gasteiger partial charge < -0.3 is 14.0 Å². The van der Waals surface area contributed by atoms with E-state index in [1.54, 1.807) is 56.3 Å². The van der Waals surface area contributed by atoms with Crippen LogP contribution in [-0.4, -0.2) is 34.4 Å². The van der Waals surface area contributed by atoms with E-state index in [1.807, 2.05) is 5.32 Å². The molecule has 0 aliphatic rings. The van der Waals surface area contributed by atoms with Crippen LogP contribution < -0.4 is 26.0 Å². The number of nitrogens with one attached hydrogen (secondary N) is 1. The van der Waals surface area contributed by atoms with Gasteiger partial charge in [-0.25, -0.2) is 28.0 Å². The molecule has 6 aromatic rings. The topological polar surface area (TPSA) is 127 Å². The van der Waals surface area contributed by atoms with Crippen molar-refractivity contribution in [2.45, 2.75) is 26.1 Å². The summed E-state index contributed by atoms with van der Waals surface area (Å²) in [6, 6.07) is 10.0. The second kappa shape index (κ2) is 12.2. The first-order chi connectivity index (χ1) is 22.8. The molecule has 0 aliphatic heterocycles. The number of fused-ring (bicyclic) bond motifs is 1. The van der Waals surface area contributed by atoms with Crippen LogP contribution in [0.25, 0.3) is 22.5 Å². The molecular weight excluding hydrogens is 638 g/mol. The van der Waals surface area contributed by atoms with E-state index in [9.17, 15) is 31.9 Å². The highest BCUT2D eigenvalue weighted by atomic mass is 19.4. The smallest absolute Gasteiger partial charge is 0.418 e. The third-order valence-electron chi connectivity index (χ3n) is 7.16. The van der Waals surface area contributed by atoms with E-state index in [4.69, 9.17) is 9.47 Å². The molecule has 4 heterocycles. The highest BCUT2D eigenvalue weighted by Crippen LogP contribution is 2.39. The van der Waals surface area contributed by atoms with Gasteiger partial charge in [-0.05, 0) is 68.4 Å². The van der Waals surface area contributed by atoms with Crippen molar-refractivity contribution < 1.29 is 31.8 Å². The van der Waals surface area contributed by atoms with Crippen molar-refractivity contribution in [2.24, 2.45) is 7.05 Å². The SMILES string of the molecule is CC(C)n1cc(OC(=O)Nc2ccc(Oc3cc(-c4cn(C)cn4)cn4nccc34)cc2C(F)(F)F)c(=O)n(-c2ccc(F)cc2)c1=O. The summed E-state index contributed by atoms with van der Waals surface area (Å²) >= 11 is 0. The van der Waals surface area contributed by atoms with Gasteiger partial charge in [0.1, 0.15) is 17.1 Å². The van der Waals surface area contributed by atoms with E-state index in [0.717, 1.165) is 29.0 Å². The van der Waals surface area contributed by atoms with Crippen LogP contribution in [0.5, 0.6) is 17.2 Å². The van der Waals surface area contributed by atoms with Gasteiger partial charge >= 0.3 is 23.5 Å². The summed E-state index contributed by atoms with van der Waals surface area (Å²) < 4.78 is 72.3. The minimum Gasteiger partial charge on any atom is -0.455 e. The van der Waals surface area contributed by atoms with Crippen LogP contribution in [0.4, 0.5) is 28.0 Å². The van der Waals surface area contributed by atoms with Gasteiger partial charge in [-0.1, -0.05) is 0 Å². The van der Waals surface area contributed by atoms with E-state index >= 15 is 0 Å². The highest BCUT2D eigenvalue weighted by molar-refractivity contribution is 5.87. The molecule has 0 saturated heterocycles. The Hall–Kier alpha value is -6.19. The molecule has 0 fully saturated rings. The summed E-state index contributed by atoms with van der Waals surface area (Å²) in [5.41, 5.74) is -2.20. The maximum Gasteiger partial charge on any atom is 0.418 e. The lowest BCUT2D eigenvalue weighted by Gasteiger charge is -2.17. The molecule has 12 nitrogen and oxygen atoms in total. The number of imidazole rings is 1. The molecule has 48 heavy (non-hydrogen) atoms. The van der Waals surface area contributed by atoms with Crippen LogP contribution in [0.1, 0.15) is 25.5 Å². The second-order valence-corrected chi connectivity index (χ2v) is 10.9. The first-order valence-corrected chi connectivity index (χ1v) is 14.3. The summed E-state index contributed by atoms with van der Waals surface area (Å²) in [6.45, 7) is 3.24. The average Bonchev–Trinajstić information content (AvgIpc) is 3.69. The van der Waals surface area contributed by atoms with E-state index in [-0.39, 0.29) is 17.2 Å². The Kier molecular flexibility index (Phi) is 8.08. The quantitative estimate of drug-likeness (QED) is 0.202. The number of hydrogen-bond donors (Lipinski definition) is 1. The molecule has 246 valence electrons.